The molecular weight excluding hydrogens is 158 g/mol. The van der Waals surface area contributed by atoms with Crippen LogP contribution in [-0.4, -0.2) is 0 Å². The average Bonchev–Trinajstić information content (AvgIpc) is 2.16. The Kier molecular flexibility index (Phi) is 9.20. The van der Waals surface area contributed by atoms with Crippen molar-refractivity contribution in [2.24, 2.45) is 5.92 Å². The van der Waals surface area contributed by atoms with Crippen molar-refractivity contribution in [2.45, 2.75) is 51.4 Å². The van der Waals surface area contributed by atoms with Crippen molar-refractivity contribution in [2.75, 3.05) is 0 Å². The summed E-state index contributed by atoms with van der Waals surface area (Å²) in [6, 6.07) is 2.16. The minimum atomic E-state index is -0.000146. The molecule has 0 fully saturated rings. The molecule has 0 saturated carbocycles. The molecule has 0 aliphatic heterocycles. The highest BCUT2D eigenvalue weighted by Crippen LogP contribution is 2.11. The second-order valence-corrected chi connectivity index (χ2v) is 3.59. The topological polar surface area (TPSA) is 23.8 Å². The summed E-state index contributed by atoms with van der Waals surface area (Å²) < 4.78 is 0. The van der Waals surface area contributed by atoms with E-state index in [1.165, 1.54) is 32.1 Å². The molecule has 1 unspecified atom stereocenters. The van der Waals surface area contributed by atoms with Crippen LogP contribution in [0.1, 0.15) is 51.4 Å². The van der Waals surface area contributed by atoms with Gasteiger partial charge in [-0.15, -0.1) is 0 Å². The second-order valence-electron chi connectivity index (χ2n) is 3.59. The van der Waals surface area contributed by atoms with Crippen molar-refractivity contribution in [3.05, 3.63) is 13.8 Å². The lowest BCUT2D eigenvalue weighted by Gasteiger charge is -2.02. The van der Waals surface area contributed by atoms with E-state index >= 15 is 0 Å². The summed E-state index contributed by atoms with van der Waals surface area (Å²) >= 11 is 0. The van der Waals surface area contributed by atoms with Crippen LogP contribution in [-0.2, 0) is 0 Å². The van der Waals surface area contributed by atoms with E-state index in [9.17, 15) is 0 Å². The molecule has 0 saturated heterocycles. The Morgan fingerprint density at radius 1 is 1.00 bits per heavy atom. The number of unbranched alkanes of at least 4 members (excludes halogenated alkanes) is 6. The molecule has 1 heteroatoms. The van der Waals surface area contributed by atoms with Gasteiger partial charge in [-0.2, -0.15) is 5.26 Å². The van der Waals surface area contributed by atoms with Crippen LogP contribution in [0.25, 0.3) is 0 Å². The minimum absolute atomic E-state index is 0.000146. The summed E-state index contributed by atoms with van der Waals surface area (Å²) in [6.07, 6.45) is 9.64. The van der Waals surface area contributed by atoms with Gasteiger partial charge < -0.3 is 0 Å². The lowest BCUT2D eigenvalue weighted by atomic mass is 10.0. The van der Waals surface area contributed by atoms with E-state index in [0.717, 1.165) is 19.3 Å². The third-order valence-electron chi connectivity index (χ3n) is 2.24. The number of hydrogen-bond acceptors (Lipinski definition) is 1. The van der Waals surface area contributed by atoms with Gasteiger partial charge in [-0.25, -0.2) is 0 Å². The maximum atomic E-state index is 8.49. The second kappa shape index (κ2) is 9.58. The zero-order chi connectivity index (χ0) is 9.94. The summed E-state index contributed by atoms with van der Waals surface area (Å²) in [4.78, 5) is 0. The largest absolute Gasteiger partial charge is 0.198 e. The molecule has 13 heavy (non-hydrogen) atoms. The van der Waals surface area contributed by atoms with Crippen LogP contribution in [0, 0.1) is 31.1 Å². The molecule has 0 aromatic heterocycles. The third kappa shape index (κ3) is 9.40. The van der Waals surface area contributed by atoms with E-state index < -0.39 is 0 Å². The summed E-state index contributed by atoms with van der Waals surface area (Å²) in [6.45, 7) is 7.54. The van der Waals surface area contributed by atoms with Gasteiger partial charge in [0.2, 0.25) is 0 Å². The van der Waals surface area contributed by atoms with E-state index in [-0.39, 0.29) is 5.92 Å². The van der Waals surface area contributed by atoms with Gasteiger partial charge in [0.25, 0.3) is 0 Å². The van der Waals surface area contributed by atoms with Gasteiger partial charge in [-0.1, -0.05) is 51.9 Å². The van der Waals surface area contributed by atoms with Crippen LogP contribution in [0.2, 0.25) is 0 Å². The Hall–Kier alpha value is -0.510. The molecule has 0 spiro atoms. The molecule has 0 amide bonds. The molecule has 0 aliphatic carbocycles. The zero-order valence-electron chi connectivity index (χ0n) is 8.60. The lowest BCUT2D eigenvalue weighted by molar-refractivity contribution is 0.560. The Morgan fingerprint density at radius 3 is 2.08 bits per heavy atom. The molecule has 0 aliphatic rings. The normalized spacial score (nSPS) is 12.4. The Labute approximate surface area is 83.1 Å². The van der Waals surface area contributed by atoms with Gasteiger partial charge in [-0.05, 0) is 13.3 Å². The Balaban J connectivity index is 2.96. The van der Waals surface area contributed by atoms with Gasteiger partial charge in [0.05, 0.1) is 6.07 Å². The van der Waals surface area contributed by atoms with Crippen molar-refractivity contribution >= 4 is 0 Å². The van der Waals surface area contributed by atoms with Gasteiger partial charge in [0.1, 0.15) is 0 Å². The van der Waals surface area contributed by atoms with Crippen molar-refractivity contribution in [1.29, 1.82) is 5.26 Å². The highest BCUT2D eigenvalue weighted by atomic mass is 14.3. The van der Waals surface area contributed by atoms with Crippen LogP contribution < -0.4 is 0 Å². The van der Waals surface area contributed by atoms with E-state index in [1.54, 1.807) is 0 Å². The molecule has 1 nitrogen and oxygen atoms in total. The van der Waals surface area contributed by atoms with E-state index in [4.69, 9.17) is 5.26 Å². The highest BCUT2D eigenvalue weighted by Gasteiger charge is 1.98. The standard InChI is InChI=1S/C12H21N/c1-3-4-5-6-7-8-9-10-12(2)11-13/h12H,1-10H2. The fourth-order valence-corrected chi connectivity index (χ4v) is 1.34. The van der Waals surface area contributed by atoms with Gasteiger partial charge in [0.15, 0.2) is 0 Å². The van der Waals surface area contributed by atoms with Crippen LogP contribution in [0.15, 0.2) is 0 Å². The monoisotopic (exact) mass is 179 g/mol. The summed E-state index contributed by atoms with van der Waals surface area (Å²) in [5, 5.41) is 8.49. The molecule has 2 radical (unpaired) electrons. The molecule has 74 valence electrons. The molecule has 0 rings (SSSR count). The number of rotatable bonds is 8. The molecule has 0 heterocycles. The fraction of sp³-hybridized carbons (Fsp3) is 0.750. The van der Waals surface area contributed by atoms with Crippen LogP contribution in [0.3, 0.4) is 0 Å². The first-order valence-corrected chi connectivity index (χ1v) is 5.33. The first-order chi connectivity index (χ1) is 6.31. The fourth-order valence-electron chi connectivity index (χ4n) is 1.34. The van der Waals surface area contributed by atoms with E-state index in [1.807, 2.05) is 0 Å². The third-order valence-corrected chi connectivity index (χ3v) is 2.24. The first kappa shape index (κ1) is 12.5. The number of nitrogens with zero attached hydrogens (tertiary/aromatic N) is 1. The highest BCUT2D eigenvalue weighted by molar-refractivity contribution is 4.83. The van der Waals surface area contributed by atoms with E-state index in [0.29, 0.717) is 0 Å². The number of nitriles is 1. The van der Waals surface area contributed by atoms with Crippen molar-refractivity contribution < 1.29 is 0 Å². The van der Waals surface area contributed by atoms with E-state index in [2.05, 4.69) is 19.9 Å². The maximum Gasteiger partial charge on any atom is 0.0655 e. The average molecular weight is 179 g/mol. The van der Waals surface area contributed by atoms with Crippen LogP contribution >= 0.6 is 0 Å². The SMILES string of the molecule is [CH2]CCCCCCCCC([CH2])C#N. The van der Waals surface area contributed by atoms with Crippen LogP contribution in [0.4, 0.5) is 0 Å². The minimum Gasteiger partial charge on any atom is -0.198 e. The molecule has 0 aromatic carbocycles. The smallest absolute Gasteiger partial charge is 0.0655 e. The molecule has 0 N–H and O–H groups in total. The molecule has 1 atom stereocenters. The van der Waals surface area contributed by atoms with Crippen molar-refractivity contribution in [3.63, 3.8) is 0 Å². The van der Waals surface area contributed by atoms with Crippen LogP contribution in [0.5, 0.6) is 0 Å². The van der Waals surface area contributed by atoms with Crippen molar-refractivity contribution in [1.82, 2.24) is 0 Å². The maximum absolute atomic E-state index is 8.49. The predicted molar refractivity (Wildman–Crippen MR) is 56.8 cm³/mol. The van der Waals surface area contributed by atoms with Gasteiger partial charge >= 0.3 is 0 Å². The summed E-state index contributed by atoms with van der Waals surface area (Å²) in [5.74, 6) is -0.000146. The summed E-state index contributed by atoms with van der Waals surface area (Å²) in [5.41, 5.74) is 0. The molecular formula is C12H21N. The van der Waals surface area contributed by atoms with Gasteiger partial charge in [-0.3, -0.25) is 0 Å². The number of hydrogen-bond donors (Lipinski definition) is 0. The Bertz CT molecular complexity index is 135. The summed E-state index contributed by atoms with van der Waals surface area (Å²) in [7, 11) is 0. The van der Waals surface area contributed by atoms with Crippen molar-refractivity contribution in [3.8, 4) is 6.07 Å². The quantitative estimate of drug-likeness (QED) is 0.518. The first-order valence-electron chi connectivity index (χ1n) is 5.33. The zero-order valence-corrected chi connectivity index (χ0v) is 8.60. The predicted octanol–water partition coefficient (Wildman–Crippen LogP) is 3.92. The molecule has 0 aromatic rings. The Morgan fingerprint density at radius 2 is 1.54 bits per heavy atom. The lowest BCUT2D eigenvalue weighted by Crippen LogP contribution is -1.90. The van der Waals surface area contributed by atoms with Gasteiger partial charge in [0, 0.05) is 5.92 Å². The molecule has 0 bridgehead atoms.